The monoisotopic (exact) mass is 431 g/mol. The molecule has 1 N–H and O–H groups in total. The lowest BCUT2D eigenvalue weighted by molar-refractivity contribution is -0.116. The number of benzene rings is 1. The number of likely N-dealkylation sites (N-methyl/N-ethyl adjacent to an activating group) is 1. The normalized spacial score (nSPS) is 12.5. The fourth-order valence-electron chi connectivity index (χ4n) is 2.15. The van der Waals surface area contributed by atoms with E-state index < -0.39 is 32.5 Å². The summed E-state index contributed by atoms with van der Waals surface area (Å²) in [5.74, 6) is -0.569. The van der Waals surface area contributed by atoms with Gasteiger partial charge in [0.2, 0.25) is 15.9 Å². The van der Waals surface area contributed by atoms with Gasteiger partial charge < -0.3 is 5.32 Å². The summed E-state index contributed by atoms with van der Waals surface area (Å²) >= 11 is 1.07. The SMILES string of the molecule is Cc1ccc(S(=O)(=O)N(C)C)cc1NC(=O)CN(C)S(=O)(=O)c1cccs1. The number of nitrogens with one attached hydrogen (secondary N) is 1. The summed E-state index contributed by atoms with van der Waals surface area (Å²) in [6.45, 7) is 1.32. The average molecular weight is 432 g/mol. The molecule has 1 heterocycles. The molecule has 0 aliphatic heterocycles. The molecule has 1 amide bonds. The number of hydrogen-bond acceptors (Lipinski definition) is 6. The van der Waals surface area contributed by atoms with Crippen LogP contribution in [0.4, 0.5) is 5.69 Å². The molecule has 0 spiro atoms. The van der Waals surface area contributed by atoms with Crippen LogP contribution in [0.25, 0.3) is 0 Å². The number of thiophene rings is 1. The van der Waals surface area contributed by atoms with Crippen LogP contribution in [-0.2, 0) is 24.8 Å². The van der Waals surface area contributed by atoms with E-state index in [1.165, 1.54) is 39.3 Å². The van der Waals surface area contributed by atoms with Crippen molar-refractivity contribution >= 4 is 43.0 Å². The zero-order valence-corrected chi connectivity index (χ0v) is 17.8. The second kappa shape index (κ2) is 8.07. The van der Waals surface area contributed by atoms with Crippen molar-refractivity contribution < 1.29 is 21.6 Å². The summed E-state index contributed by atoms with van der Waals surface area (Å²) < 4.78 is 51.4. The first-order chi connectivity index (χ1) is 12.5. The highest BCUT2D eigenvalue weighted by Gasteiger charge is 2.24. The molecule has 1 aromatic carbocycles. The van der Waals surface area contributed by atoms with Gasteiger partial charge in [0.05, 0.1) is 11.4 Å². The van der Waals surface area contributed by atoms with Gasteiger partial charge in [-0.25, -0.2) is 21.1 Å². The molecular weight excluding hydrogens is 410 g/mol. The predicted molar refractivity (Wildman–Crippen MR) is 105 cm³/mol. The van der Waals surface area contributed by atoms with Crippen molar-refractivity contribution in [3.63, 3.8) is 0 Å². The summed E-state index contributed by atoms with van der Waals surface area (Å²) in [5.41, 5.74) is 0.967. The number of anilines is 1. The minimum atomic E-state index is -3.75. The number of rotatable bonds is 7. The maximum absolute atomic E-state index is 12.4. The van der Waals surface area contributed by atoms with Crippen LogP contribution in [0.1, 0.15) is 5.56 Å². The fraction of sp³-hybridized carbons (Fsp3) is 0.312. The molecule has 8 nitrogen and oxygen atoms in total. The van der Waals surface area contributed by atoms with E-state index in [1.54, 1.807) is 24.4 Å². The van der Waals surface area contributed by atoms with E-state index in [0.29, 0.717) is 11.3 Å². The minimum Gasteiger partial charge on any atom is -0.325 e. The number of sulfonamides is 2. The van der Waals surface area contributed by atoms with Gasteiger partial charge in [-0.05, 0) is 36.1 Å². The number of amides is 1. The van der Waals surface area contributed by atoms with Gasteiger partial charge in [-0.15, -0.1) is 11.3 Å². The quantitative estimate of drug-likeness (QED) is 0.717. The van der Waals surface area contributed by atoms with E-state index in [9.17, 15) is 21.6 Å². The zero-order chi connectivity index (χ0) is 20.4. The van der Waals surface area contributed by atoms with Crippen molar-refractivity contribution in [2.75, 3.05) is 33.0 Å². The highest BCUT2D eigenvalue weighted by molar-refractivity contribution is 7.91. The maximum Gasteiger partial charge on any atom is 0.252 e. The number of carbonyl (C=O) groups excluding carboxylic acids is 1. The van der Waals surface area contributed by atoms with Crippen LogP contribution >= 0.6 is 11.3 Å². The number of hydrogen-bond donors (Lipinski definition) is 1. The molecule has 1 aromatic heterocycles. The molecular formula is C16H21N3O5S3. The standard InChI is InChI=1S/C16H21N3O5S3/c1-12-7-8-13(26(21,22)18(2)3)10-14(12)17-15(20)11-19(4)27(23,24)16-6-5-9-25-16/h5-10H,11H2,1-4H3,(H,17,20). The molecule has 0 fully saturated rings. The molecule has 27 heavy (non-hydrogen) atoms. The maximum atomic E-state index is 12.4. The molecule has 2 aromatic rings. The van der Waals surface area contributed by atoms with E-state index >= 15 is 0 Å². The zero-order valence-electron chi connectivity index (χ0n) is 15.3. The van der Waals surface area contributed by atoms with Crippen LogP contribution in [0.3, 0.4) is 0 Å². The number of aryl methyl sites for hydroxylation is 1. The van der Waals surface area contributed by atoms with E-state index in [2.05, 4.69) is 5.32 Å². The smallest absolute Gasteiger partial charge is 0.252 e. The number of nitrogens with zero attached hydrogens (tertiary/aromatic N) is 2. The Hall–Kier alpha value is -1.79. The van der Waals surface area contributed by atoms with Crippen molar-refractivity contribution in [1.82, 2.24) is 8.61 Å². The average Bonchev–Trinajstić information content (AvgIpc) is 3.11. The Kier molecular flexibility index (Phi) is 6.43. The molecule has 0 bridgehead atoms. The third-order valence-corrected chi connectivity index (χ3v) is 8.78. The van der Waals surface area contributed by atoms with Crippen LogP contribution in [0.2, 0.25) is 0 Å². The lowest BCUT2D eigenvalue weighted by atomic mass is 10.2. The Balaban J connectivity index is 2.19. The van der Waals surface area contributed by atoms with Gasteiger partial charge in [-0.3, -0.25) is 4.79 Å². The second-order valence-electron chi connectivity index (χ2n) is 6.01. The Labute approximate surface area is 163 Å². The van der Waals surface area contributed by atoms with Crippen LogP contribution < -0.4 is 5.32 Å². The fourth-order valence-corrected chi connectivity index (χ4v) is 5.40. The molecule has 0 saturated heterocycles. The lowest BCUT2D eigenvalue weighted by Gasteiger charge is -2.17. The Morgan fingerprint density at radius 1 is 1.07 bits per heavy atom. The lowest BCUT2D eigenvalue weighted by Crippen LogP contribution is -2.34. The van der Waals surface area contributed by atoms with Gasteiger partial charge in [-0.1, -0.05) is 12.1 Å². The first kappa shape index (κ1) is 21.5. The van der Waals surface area contributed by atoms with Gasteiger partial charge >= 0.3 is 0 Å². The summed E-state index contributed by atoms with van der Waals surface area (Å²) in [5, 5.41) is 4.23. The second-order valence-corrected chi connectivity index (χ2v) is 11.4. The first-order valence-corrected chi connectivity index (χ1v) is 11.5. The molecule has 0 saturated carbocycles. The molecule has 0 aliphatic rings. The van der Waals surface area contributed by atoms with Crippen molar-refractivity contribution in [1.29, 1.82) is 0 Å². The van der Waals surface area contributed by atoms with E-state index in [4.69, 9.17) is 0 Å². The van der Waals surface area contributed by atoms with Gasteiger partial charge in [0.1, 0.15) is 4.21 Å². The van der Waals surface area contributed by atoms with Crippen LogP contribution in [0.15, 0.2) is 44.8 Å². The highest BCUT2D eigenvalue weighted by Crippen LogP contribution is 2.23. The summed E-state index contributed by atoms with van der Waals surface area (Å²) in [6, 6.07) is 7.47. The van der Waals surface area contributed by atoms with Crippen LogP contribution in [0, 0.1) is 6.92 Å². The van der Waals surface area contributed by atoms with E-state index in [1.807, 2.05) is 0 Å². The largest absolute Gasteiger partial charge is 0.325 e. The third kappa shape index (κ3) is 4.74. The van der Waals surface area contributed by atoms with Gasteiger partial charge in [0.25, 0.3) is 10.0 Å². The van der Waals surface area contributed by atoms with Crippen molar-refractivity contribution in [2.24, 2.45) is 0 Å². The summed E-state index contributed by atoms with van der Waals surface area (Å²) in [4.78, 5) is 12.3. The Morgan fingerprint density at radius 3 is 2.30 bits per heavy atom. The molecule has 0 aliphatic carbocycles. The highest BCUT2D eigenvalue weighted by atomic mass is 32.2. The summed E-state index contributed by atoms with van der Waals surface area (Å²) in [7, 11) is -3.26. The van der Waals surface area contributed by atoms with Crippen molar-refractivity contribution in [3.8, 4) is 0 Å². The van der Waals surface area contributed by atoms with E-state index in [-0.39, 0.29) is 9.10 Å². The molecule has 0 unspecified atom stereocenters. The molecule has 0 radical (unpaired) electrons. The molecule has 2 rings (SSSR count). The predicted octanol–water partition coefficient (Wildman–Crippen LogP) is 1.57. The van der Waals surface area contributed by atoms with E-state index in [0.717, 1.165) is 19.9 Å². The molecule has 0 atom stereocenters. The molecule has 11 heteroatoms. The number of carbonyl (C=O) groups is 1. The van der Waals surface area contributed by atoms with Crippen molar-refractivity contribution in [3.05, 3.63) is 41.3 Å². The molecule has 148 valence electrons. The minimum absolute atomic E-state index is 0.0351. The first-order valence-electron chi connectivity index (χ1n) is 7.79. The third-order valence-electron chi connectivity index (χ3n) is 3.79. The van der Waals surface area contributed by atoms with Crippen LogP contribution in [-0.4, -0.2) is 59.0 Å². The summed E-state index contributed by atoms with van der Waals surface area (Å²) in [6.07, 6.45) is 0. The van der Waals surface area contributed by atoms with Gasteiger partial charge in [0, 0.05) is 26.8 Å². The van der Waals surface area contributed by atoms with Crippen molar-refractivity contribution in [2.45, 2.75) is 16.0 Å². The van der Waals surface area contributed by atoms with Gasteiger partial charge in [-0.2, -0.15) is 4.31 Å². The Bertz CT molecular complexity index is 1030. The van der Waals surface area contributed by atoms with Crippen LogP contribution in [0.5, 0.6) is 0 Å². The Morgan fingerprint density at radius 2 is 1.74 bits per heavy atom. The van der Waals surface area contributed by atoms with Gasteiger partial charge in [0.15, 0.2) is 0 Å². The topological polar surface area (TPSA) is 104 Å².